The standard InChI is InChI=1S/C18H22N4O2.C2HF3O2/c1-12(9-17-19-7-8-21(17)2)20-18(23)16-10-13-5-6-14(24-4)11-15(13)22(16)3;3-2(4,5)1(6)7/h5-8,10-12H,9H2,1-4H3,(H,20,23);(H,6,7). The number of carbonyl (C=O) groups excluding carboxylic acids is 1. The Labute approximate surface area is 176 Å². The molecule has 1 amide bonds. The number of methoxy groups -OCH3 is 1. The fraction of sp³-hybridized carbons (Fsp3) is 0.350. The quantitative estimate of drug-likeness (QED) is 0.636. The average Bonchev–Trinajstić information content (AvgIpc) is 3.24. The van der Waals surface area contributed by atoms with Crippen molar-refractivity contribution < 1.29 is 32.6 Å². The summed E-state index contributed by atoms with van der Waals surface area (Å²) in [5.41, 5.74) is 1.60. The van der Waals surface area contributed by atoms with Gasteiger partial charge in [0.2, 0.25) is 0 Å². The molecule has 168 valence electrons. The lowest BCUT2D eigenvalue weighted by molar-refractivity contribution is -0.192. The van der Waals surface area contributed by atoms with Crippen LogP contribution in [0.3, 0.4) is 0 Å². The lowest BCUT2D eigenvalue weighted by atomic mass is 10.2. The Morgan fingerprint density at radius 2 is 1.90 bits per heavy atom. The fourth-order valence-corrected chi connectivity index (χ4v) is 2.87. The summed E-state index contributed by atoms with van der Waals surface area (Å²) >= 11 is 0. The van der Waals surface area contributed by atoms with Crippen molar-refractivity contribution in [3.05, 3.63) is 48.2 Å². The van der Waals surface area contributed by atoms with Crippen molar-refractivity contribution in [3.63, 3.8) is 0 Å². The molecule has 0 bridgehead atoms. The number of imidazole rings is 1. The lowest BCUT2D eigenvalue weighted by Gasteiger charge is -2.14. The largest absolute Gasteiger partial charge is 0.497 e. The third-order valence-corrected chi connectivity index (χ3v) is 4.51. The van der Waals surface area contributed by atoms with Crippen LogP contribution < -0.4 is 10.1 Å². The summed E-state index contributed by atoms with van der Waals surface area (Å²) in [5, 5.41) is 11.2. The van der Waals surface area contributed by atoms with Crippen LogP contribution in [0.4, 0.5) is 13.2 Å². The van der Waals surface area contributed by atoms with Gasteiger partial charge in [0.05, 0.1) is 12.6 Å². The number of ether oxygens (including phenoxy) is 1. The van der Waals surface area contributed by atoms with Crippen molar-refractivity contribution in [1.82, 2.24) is 19.4 Å². The van der Waals surface area contributed by atoms with Gasteiger partial charge in [0.15, 0.2) is 0 Å². The predicted molar refractivity (Wildman–Crippen MR) is 107 cm³/mol. The van der Waals surface area contributed by atoms with Crippen LogP contribution in [-0.2, 0) is 25.3 Å². The summed E-state index contributed by atoms with van der Waals surface area (Å²) in [6.07, 6.45) is -0.727. The monoisotopic (exact) mass is 440 g/mol. The molecule has 0 spiro atoms. The van der Waals surface area contributed by atoms with Crippen molar-refractivity contribution in [1.29, 1.82) is 0 Å². The van der Waals surface area contributed by atoms with E-state index in [1.54, 1.807) is 13.3 Å². The number of amides is 1. The Kier molecular flexibility index (Phi) is 7.32. The Balaban J connectivity index is 0.000000423. The Bertz CT molecular complexity index is 1070. The van der Waals surface area contributed by atoms with Crippen LogP contribution in [0.25, 0.3) is 10.9 Å². The smallest absolute Gasteiger partial charge is 0.490 e. The highest BCUT2D eigenvalue weighted by Gasteiger charge is 2.38. The van der Waals surface area contributed by atoms with E-state index in [1.165, 1.54) is 0 Å². The van der Waals surface area contributed by atoms with Gasteiger partial charge in [-0.3, -0.25) is 4.79 Å². The van der Waals surface area contributed by atoms with Gasteiger partial charge in [-0.2, -0.15) is 13.2 Å². The second-order valence-corrected chi connectivity index (χ2v) is 6.85. The summed E-state index contributed by atoms with van der Waals surface area (Å²) in [5.74, 6) is -1.12. The minimum absolute atomic E-state index is 0.00820. The number of carboxylic acids is 1. The molecule has 2 aromatic heterocycles. The number of nitrogens with one attached hydrogen (secondary N) is 1. The van der Waals surface area contributed by atoms with E-state index in [0.717, 1.165) is 22.5 Å². The molecule has 0 saturated heterocycles. The molecule has 0 aliphatic rings. The molecule has 8 nitrogen and oxygen atoms in total. The van der Waals surface area contributed by atoms with E-state index in [2.05, 4.69) is 10.3 Å². The number of aliphatic carboxylic acids is 1. The van der Waals surface area contributed by atoms with Gasteiger partial charge in [-0.1, -0.05) is 0 Å². The van der Waals surface area contributed by atoms with Gasteiger partial charge in [0, 0.05) is 50.4 Å². The second-order valence-electron chi connectivity index (χ2n) is 6.85. The first-order valence-electron chi connectivity index (χ1n) is 9.14. The summed E-state index contributed by atoms with van der Waals surface area (Å²) in [6, 6.07) is 7.68. The van der Waals surface area contributed by atoms with Crippen molar-refractivity contribution in [3.8, 4) is 5.75 Å². The zero-order valence-corrected chi connectivity index (χ0v) is 17.4. The van der Waals surface area contributed by atoms with Crippen molar-refractivity contribution >= 4 is 22.8 Å². The van der Waals surface area contributed by atoms with Gasteiger partial charge in [-0.15, -0.1) is 0 Å². The molecule has 0 aliphatic carbocycles. The first-order valence-corrected chi connectivity index (χ1v) is 9.14. The Morgan fingerprint density at radius 1 is 1.26 bits per heavy atom. The molecule has 1 unspecified atom stereocenters. The molecule has 2 heterocycles. The van der Waals surface area contributed by atoms with Crippen LogP contribution in [0.1, 0.15) is 23.2 Å². The van der Waals surface area contributed by atoms with E-state index in [1.807, 2.05) is 60.6 Å². The van der Waals surface area contributed by atoms with Gasteiger partial charge in [0.25, 0.3) is 5.91 Å². The number of carbonyl (C=O) groups is 2. The van der Waals surface area contributed by atoms with Gasteiger partial charge in [-0.25, -0.2) is 9.78 Å². The van der Waals surface area contributed by atoms with Crippen LogP contribution >= 0.6 is 0 Å². The molecule has 1 aromatic carbocycles. The average molecular weight is 440 g/mol. The molecule has 0 radical (unpaired) electrons. The number of alkyl halides is 3. The normalized spacial score (nSPS) is 12.1. The molecule has 31 heavy (non-hydrogen) atoms. The number of carboxylic acid groups (broad SMARTS) is 1. The van der Waals surface area contributed by atoms with Crippen molar-refractivity contribution in [2.24, 2.45) is 14.1 Å². The summed E-state index contributed by atoms with van der Waals surface area (Å²) in [4.78, 5) is 25.8. The van der Waals surface area contributed by atoms with Crippen LogP contribution in [0.2, 0.25) is 0 Å². The summed E-state index contributed by atoms with van der Waals surface area (Å²) in [7, 11) is 5.48. The maximum absolute atomic E-state index is 12.6. The van der Waals surface area contributed by atoms with E-state index >= 15 is 0 Å². The Morgan fingerprint density at radius 3 is 2.42 bits per heavy atom. The van der Waals surface area contributed by atoms with Crippen LogP contribution in [0.15, 0.2) is 36.7 Å². The summed E-state index contributed by atoms with van der Waals surface area (Å²) < 4.78 is 40.8. The number of aryl methyl sites for hydroxylation is 2. The van der Waals surface area contributed by atoms with Gasteiger partial charge in [-0.05, 0) is 25.1 Å². The molecule has 0 fully saturated rings. The van der Waals surface area contributed by atoms with Crippen LogP contribution in [0, 0.1) is 0 Å². The highest BCUT2D eigenvalue weighted by molar-refractivity contribution is 5.99. The van der Waals surface area contributed by atoms with E-state index in [-0.39, 0.29) is 11.9 Å². The molecule has 11 heteroatoms. The topological polar surface area (TPSA) is 98.4 Å². The number of benzene rings is 1. The molecule has 0 saturated carbocycles. The second kappa shape index (κ2) is 9.54. The third-order valence-electron chi connectivity index (χ3n) is 4.51. The number of aromatic nitrogens is 3. The molecule has 0 aliphatic heterocycles. The minimum atomic E-state index is -5.08. The maximum Gasteiger partial charge on any atom is 0.490 e. The number of halogens is 3. The van der Waals surface area contributed by atoms with Gasteiger partial charge >= 0.3 is 12.1 Å². The van der Waals surface area contributed by atoms with Gasteiger partial charge < -0.3 is 24.3 Å². The first-order chi connectivity index (χ1) is 14.4. The van der Waals surface area contributed by atoms with E-state index in [0.29, 0.717) is 12.1 Å². The minimum Gasteiger partial charge on any atom is -0.497 e. The number of hydrogen-bond acceptors (Lipinski definition) is 4. The summed E-state index contributed by atoms with van der Waals surface area (Å²) in [6.45, 7) is 1.98. The highest BCUT2D eigenvalue weighted by Crippen LogP contribution is 2.23. The zero-order chi connectivity index (χ0) is 23.3. The SMILES string of the molecule is COc1ccc2cc(C(=O)NC(C)Cc3nccn3C)n(C)c2c1.O=C(O)C(F)(F)F. The maximum atomic E-state index is 12.6. The van der Waals surface area contributed by atoms with Crippen LogP contribution in [-0.4, -0.2) is 50.4 Å². The molecular weight excluding hydrogens is 417 g/mol. The number of rotatable bonds is 5. The van der Waals surface area contributed by atoms with Crippen LogP contribution in [0.5, 0.6) is 5.75 Å². The van der Waals surface area contributed by atoms with E-state index in [4.69, 9.17) is 14.6 Å². The molecule has 3 rings (SSSR count). The number of fused-ring (bicyclic) bond motifs is 1. The van der Waals surface area contributed by atoms with Crippen molar-refractivity contribution in [2.45, 2.75) is 25.6 Å². The molecular formula is C20H23F3N4O4. The van der Waals surface area contributed by atoms with Gasteiger partial charge in [0.1, 0.15) is 17.3 Å². The number of hydrogen-bond donors (Lipinski definition) is 2. The third kappa shape index (κ3) is 6.00. The van der Waals surface area contributed by atoms with E-state index < -0.39 is 12.1 Å². The highest BCUT2D eigenvalue weighted by atomic mass is 19.4. The molecule has 2 N–H and O–H groups in total. The van der Waals surface area contributed by atoms with Crippen molar-refractivity contribution in [2.75, 3.05) is 7.11 Å². The predicted octanol–water partition coefficient (Wildman–Crippen LogP) is 2.91. The lowest BCUT2D eigenvalue weighted by Crippen LogP contribution is -2.35. The molecule has 1 atom stereocenters. The fourth-order valence-electron chi connectivity index (χ4n) is 2.87. The molecule has 3 aromatic rings. The number of nitrogens with zero attached hydrogens (tertiary/aromatic N) is 3. The zero-order valence-electron chi connectivity index (χ0n) is 17.4. The Hall–Kier alpha value is -3.50. The van der Waals surface area contributed by atoms with E-state index in [9.17, 15) is 18.0 Å². The first kappa shape index (κ1) is 23.8.